The fourth-order valence-corrected chi connectivity index (χ4v) is 1.69. The molecule has 92 valence electrons. The van der Waals surface area contributed by atoms with E-state index in [9.17, 15) is 4.79 Å². The van der Waals surface area contributed by atoms with Crippen LogP contribution in [0.1, 0.15) is 35.2 Å². The van der Waals surface area contributed by atoms with Gasteiger partial charge >= 0.3 is 0 Å². The summed E-state index contributed by atoms with van der Waals surface area (Å²) in [7, 11) is 0. The highest BCUT2D eigenvalue weighted by molar-refractivity contribution is 5.93. The summed E-state index contributed by atoms with van der Waals surface area (Å²) in [6.45, 7) is 2.68. The second-order valence-electron chi connectivity index (χ2n) is 4.21. The van der Waals surface area contributed by atoms with Gasteiger partial charge in [0.15, 0.2) is 6.29 Å². The Morgan fingerprint density at radius 2 is 2.12 bits per heavy atom. The number of carbonyl (C=O) groups excluding carboxylic acids is 1. The smallest absolute Gasteiger partial charge is 0.274 e. The van der Waals surface area contributed by atoms with Gasteiger partial charge in [-0.3, -0.25) is 4.79 Å². The summed E-state index contributed by atoms with van der Waals surface area (Å²) >= 11 is 0. The normalized spacial score (nSPS) is 19.9. The van der Waals surface area contributed by atoms with Crippen LogP contribution in [0.2, 0.25) is 0 Å². The maximum atomic E-state index is 11.7. The van der Waals surface area contributed by atoms with Gasteiger partial charge < -0.3 is 4.74 Å². The first-order valence-electron chi connectivity index (χ1n) is 5.90. The summed E-state index contributed by atoms with van der Waals surface area (Å²) in [5, 5.41) is 0. The van der Waals surface area contributed by atoms with Gasteiger partial charge in [0, 0.05) is 18.6 Å². The number of hydroxylamine groups is 1. The molecule has 1 amide bonds. The Kier molecular flexibility index (Phi) is 4.12. The van der Waals surface area contributed by atoms with Crippen LogP contribution >= 0.6 is 0 Å². The fraction of sp³-hybridized carbons (Fsp3) is 0.462. The zero-order valence-electron chi connectivity index (χ0n) is 9.94. The Hall–Kier alpha value is -1.39. The van der Waals surface area contributed by atoms with E-state index < -0.39 is 0 Å². The third kappa shape index (κ3) is 3.54. The minimum Gasteiger partial charge on any atom is -0.350 e. The Bertz CT molecular complexity index is 369. The number of benzene rings is 1. The van der Waals surface area contributed by atoms with Crippen LogP contribution in [0.3, 0.4) is 0 Å². The average Bonchev–Trinajstić information content (AvgIpc) is 2.38. The molecule has 1 aromatic carbocycles. The molecule has 1 N–H and O–H groups in total. The van der Waals surface area contributed by atoms with E-state index in [0.29, 0.717) is 12.2 Å². The number of amides is 1. The molecule has 1 atom stereocenters. The molecule has 17 heavy (non-hydrogen) atoms. The molecule has 1 heterocycles. The number of rotatable bonds is 3. The van der Waals surface area contributed by atoms with E-state index in [1.54, 1.807) is 12.1 Å². The molecule has 0 radical (unpaired) electrons. The molecule has 0 spiro atoms. The number of carbonyl (C=O) groups is 1. The lowest BCUT2D eigenvalue weighted by Crippen LogP contribution is -2.33. The van der Waals surface area contributed by atoms with Crippen molar-refractivity contribution in [2.75, 3.05) is 6.61 Å². The van der Waals surface area contributed by atoms with Crippen LogP contribution in [0.25, 0.3) is 0 Å². The molecular weight excluding hydrogens is 218 g/mol. The van der Waals surface area contributed by atoms with Crippen LogP contribution in [0.15, 0.2) is 24.3 Å². The van der Waals surface area contributed by atoms with Crippen molar-refractivity contribution >= 4 is 5.91 Å². The zero-order chi connectivity index (χ0) is 12.1. The summed E-state index contributed by atoms with van der Waals surface area (Å²) in [5.41, 5.74) is 4.14. The van der Waals surface area contributed by atoms with E-state index in [4.69, 9.17) is 9.57 Å². The zero-order valence-corrected chi connectivity index (χ0v) is 9.94. The SMILES string of the molecule is Cc1ccc(C(=O)NO[C@@H]2CCCCO2)cc1. The molecule has 1 aliphatic rings. The van der Waals surface area contributed by atoms with E-state index in [1.807, 2.05) is 19.1 Å². The molecule has 4 heteroatoms. The van der Waals surface area contributed by atoms with Gasteiger partial charge in [-0.15, -0.1) is 0 Å². The van der Waals surface area contributed by atoms with E-state index >= 15 is 0 Å². The maximum Gasteiger partial charge on any atom is 0.274 e. The maximum absolute atomic E-state index is 11.7. The van der Waals surface area contributed by atoms with Gasteiger partial charge in [-0.05, 0) is 31.9 Å². The van der Waals surface area contributed by atoms with Crippen molar-refractivity contribution in [3.05, 3.63) is 35.4 Å². The first kappa shape index (κ1) is 12.1. The minimum atomic E-state index is -0.307. The molecular formula is C13H17NO3. The Morgan fingerprint density at radius 1 is 1.35 bits per heavy atom. The van der Waals surface area contributed by atoms with Gasteiger partial charge in [0.25, 0.3) is 5.91 Å². The predicted molar refractivity (Wildman–Crippen MR) is 63.3 cm³/mol. The molecule has 1 aliphatic heterocycles. The lowest BCUT2D eigenvalue weighted by Gasteiger charge is -2.22. The van der Waals surface area contributed by atoms with Crippen LogP contribution in [0.4, 0.5) is 0 Å². The summed E-state index contributed by atoms with van der Waals surface area (Å²) in [6, 6.07) is 7.34. The van der Waals surface area contributed by atoms with Crippen molar-refractivity contribution in [2.24, 2.45) is 0 Å². The highest BCUT2D eigenvalue weighted by Crippen LogP contribution is 2.12. The van der Waals surface area contributed by atoms with Crippen molar-refractivity contribution in [3.63, 3.8) is 0 Å². The van der Waals surface area contributed by atoms with Crippen molar-refractivity contribution in [2.45, 2.75) is 32.5 Å². The van der Waals surface area contributed by atoms with E-state index in [-0.39, 0.29) is 12.2 Å². The summed E-state index contributed by atoms with van der Waals surface area (Å²) in [6.07, 6.45) is 2.66. The van der Waals surface area contributed by atoms with E-state index in [1.165, 1.54) is 0 Å². The molecule has 0 unspecified atom stereocenters. The predicted octanol–water partition coefficient (Wildman–Crippen LogP) is 2.18. The Balaban J connectivity index is 1.82. The number of aryl methyl sites for hydroxylation is 1. The Labute approximate surface area is 101 Å². The molecule has 0 bridgehead atoms. The number of hydrogen-bond acceptors (Lipinski definition) is 3. The molecule has 1 fully saturated rings. The van der Waals surface area contributed by atoms with Crippen molar-refractivity contribution in [3.8, 4) is 0 Å². The number of nitrogens with one attached hydrogen (secondary N) is 1. The number of hydrogen-bond donors (Lipinski definition) is 1. The van der Waals surface area contributed by atoms with E-state index in [0.717, 1.165) is 24.8 Å². The summed E-state index contributed by atoms with van der Waals surface area (Å²) in [4.78, 5) is 16.9. The second-order valence-corrected chi connectivity index (χ2v) is 4.21. The van der Waals surface area contributed by atoms with Crippen LogP contribution < -0.4 is 5.48 Å². The molecule has 4 nitrogen and oxygen atoms in total. The van der Waals surface area contributed by atoms with Gasteiger partial charge in [-0.1, -0.05) is 17.7 Å². The van der Waals surface area contributed by atoms with Gasteiger partial charge in [-0.25, -0.2) is 10.3 Å². The minimum absolute atomic E-state index is 0.237. The largest absolute Gasteiger partial charge is 0.350 e. The van der Waals surface area contributed by atoms with Crippen LogP contribution in [0, 0.1) is 6.92 Å². The first-order chi connectivity index (χ1) is 8.25. The van der Waals surface area contributed by atoms with Gasteiger partial charge in [0.2, 0.25) is 0 Å². The lowest BCUT2D eigenvalue weighted by atomic mass is 10.1. The van der Waals surface area contributed by atoms with Crippen molar-refractivity contribution < 1.29 is 14.4 Å². The first-order valence-corrected chi connectivity index (χ1v) is 5.90. The second kappa shape index (κ2) is 5.80. The molecule has 0 saturated carbocycles. The lowest BCUT2D eigenvalue weighted by molar-refractivity contribution is -0.186. The van der Waals surface area contributed by atoms with Crippen molar-refractivity contribution in [1.82, 2.24) is 5.48 Å². The summed E-state index contributed by atoms with van der Waals surface area (Å²) in [5.74, 6) is -0.237. The highest BCUT2D eigenvalue weighted by Gasteiger charge is 2.16. The molecule has 0 aromatic heterocycles. The van der Waals surface area contributed by atoms with Crippen LogP contribution in [-0.2, 0) is 9.57 Å². The monoisotopic (exact) mass is 235 g/mol. The Morgan fingerprint density at radius 3 is 2.76 bits per heavy atom. The van der Waals surface area contributed by atoms with Crippen LogP contribution in [0.5, 0.6) is 0 Å². The van der Waals surface area contributed by atoms with Crippen LogP contribution in [-0.4, -0.2) is 18.8 Å². The summed E-state index contributed by atoms with van der Waals surface area (Å²) < 4.78 is 5.35. The molecule has 0 aliphatic carbocycles. The standard InChI is InChI=1S/C13H17NO3/c1-10-5-7-11(8-6-10)13(15)14-17-12-4-2-3-9-16-12/h5-8,12H,2-4,9H2,1H3,(H,14,15)/t12-/m1/s1. The topological polar surface area (TPSA) is 47.6 Å². The quantitative estimate of drug-likeness (QED) is 0.817. The average molecular weight is 235 g/mol. The van der Waals surface area contributed by atoms with Gasteiger partial charge in [0.1, 0.15) is 0 Å². The highest BCUT2D eigenvalue weighted by atomic mass is 16.8. The van der Waals surface area contributed by atoms with Gasteiger partial charge in [0.05, 0.1) is 0 Å². The molecule has 2 rings (SSSR count). The number of ether oxygens (including phenoxy) is 1. The third-order valence-corrected chi connectivity index (χ3v) is 2.73. The molecule has 1 saturated heterocycles. The van der Waals surface area contributed by atoms with E-state index in [2.05, 4.69) is 5.48 Å². The molecule has 1 aromatic rings. The fourth-order valence-electron chi connectivity index (χ4n) is 1.69. The third-order valence-electron chi connectivity index (χ3n) is 2.73. The van der Waals surface area contributed by atoms with Gasteiger partial charge in [-0.2, -0.15) is 0 Å². The van der Waals surface area contributed by atoms with Crippen molar-refractivity contribution in [1.29, 1.82) is 0 Å².